The normalized spacial score (nSPS) is 14.2. The van der Waals surface area contributed by atoms with Crippen LogP contribution in [0.5, 0.6) is 5.75 Å². The second-order valence-electron chi connectivity index (χ2n) is 6.40. The van der Waals surface area contributed by atoms with Gasteiger partial charge in [0, 0.05) is 43.2 Å². The molecule has 0 atom stereocenters. The van der Waals surface area contributed by atoms with E-state index in [0.717, 1.165) is 30.2 Å². The molecule has 0 radical (unpaired) electrons. The van der Waals surface area contributed by atoms with E-state index in [4.69, 9.17) is 22.1 Å². The van der Waals surface area contributed by atoms with E-state index < -0.39 is 0 Å². The van der Waals surface area contributed by atoms with E-state index in [9.17, 15) is 0 Å². The van der Waals surface area contributed by atoms with Gasteiger partial charge in [0.05, 0.1) is 6.67 Å². The summed E-state index contributed by atoms with van der Waals surface area (Å²) < 4.78 is 10.4. The van der Waals surface area contributed by atoms with Gasteiger partial charge < -0.3 is 4.74 Å². The van der Waals surface area contributed by atoms with E-state index in [1.807, 2.05) is 45.7 Å². The summed E-state index contributed by atoms with van der Waals surface area (Å²) in [6, 6.07) is 12.1. The van der Waals surface area contributed by atoms with Crippen molar-refractivity contribution in [2.24, 2.45) is 0 Å². The van der Waals surface area contributed by atoms with E-state index in [1.54, 1.807) is 12.4 Å². The maximum Gasteiger partial charge on any atom is 0.199 e. The first kappa shape index (κ1) is 17.6. The molecular weight excluding hydrogens is 358 g/mol. The van der Waals surface area contributed by atoms with Crippen LogP contribution in [0.25, 0.3) is 11.4 Å². The molecule has 1 aliphatic rings. The molecule has 6 nitrogen and oxygen atoms in total. The molecule has 4 rings (SSSR count). The Morgan fingerprint density at radius 1 is 1.22 bits per heavy atom. The van der Waals surface area contributed by atoms with Gasteiger partial charge >= 0.3 is 0 Å². The van der Waals surface area contributed by atoms with Crippen LogP contribution in [0.15, 0.2) is 61.4 Å². The van der Waals surface area contributed by atoms with Crippen LogP contribution >= 0.6 is 12.2 Å². The van der Waals surface area contributed by atoms with Crippen LogP contribution in [0.2, 0.25) is 0 Å². The zero-order chi connectivity index (χ0) is 18.6. The van der Waals surface area contributed by atoms with Crippen molar-refractivity contribution in [1.82, 2.24) is 24.2 Å². The van der Waals surface area contributed by atoms with Gasteiger partial charge in [-0.2, -0.15) is 5.10 Å². The summed E-state index contributed by atoms with van der Waals surface area (Å²) >= 11 is 5.70. The van der Waals surface area contributed by atoms with Crippen molar-refractivity contribution in [1.29, 1.82) is 0 Å². The number of pyridine rings is 1. The second kappa shape index (κ2) is 7.85. The van der Waals surface area contributed by atoms with Crippen LogP contribution in [0.1, 0.15) is 5.56 Å². The van der Waals surface area contributed by atoms with Gasteiger partial charge in [0.25, 0.3) is 0 Å². The molecular formula is C20H21N5OS. The van der Waals surface area contributed by atoms with Gasteiger partial charge in [0.2, 0.25) is 0 Å². The van der Waals surface area contributed by atoms with Gasteiger partial charge in [-0.25, -0.2) is 4.68 Å². The van der Waals surface area contributed by atoms with Crippen LogP contribution in [-0.4, -0.2) is 37.4 Å². The summed E-state index contributed by atoms with van der Waals surface area (Å²) in [5.41, 5.74) is 2.12. The highest BCUT2D eigenvalue weighted by Crippen LogP contribution is 2.23. The smallest absolute Gasteiger partial charge is 0.199 e. The number of para-hydroxylation sites is 1. The predicted octanol–water partition coefficient (Wildman–Crippen LogP) is 3.51. The van der Waals surface area contributed by atoms with Crippen molar-refractivity contribution in [3.8, 4) is 17.1 Å². The molecule has 1 aliphatic heterocycles. The lowest BCUT2D eigenvalue weighted by Crippen LogP contribution is -2.29. The number of benzene rings is 1. The highest BCUT2D eigenvalue weighted by atomic mass is 32.1. The highest BCUT2D eigenvalue weighted by Gasteiger charge is 2.18. The van der Waals surface area contributed by atoms with Gasteiger partial charge in [-0.1, -0.05) is 24.3 Å². The monoisotopic (exact) mass is 379 g/mol. The number of fused-ring (bicyclic) bond motifs is 1. The van der Waals surface area contributed by atoms with Crippen LogP contribution in [0.4, 0.5) is 0 Å². The molecule has 0 spiro atoms. The molecule has 3 heterocycles. The topological polar surface area (TPSA) is 48.1 Å². The third-order valence-corrected chi connectivity index (χ3v) is 4.95. The molecule has 0 amide bonds. The molecule has 138 valence electrons. The maximum atomic E-state index is 5.86. The second-order valence-corrected chi connectivity index (χ2v) is 6.76. The number of ether oxygens (including phenoxy) is 1. The molecule has 0 saturated carbocycles. The third kappa shape index (κ3) is 3.70. The molecule has 3 aromatic rings. The fourth-order valence-corrected chi connectivity index (χ4v) is 3.49. The lowest BCUT2D eigenvalue weighted by atomic mass is 10.2. The van der Waals surface area contributed by atoms with E-state index in [1.165, 1.54) is 5.56 Å². The maximum absolute atomic E-state index is 5.86. The summed E-state index contributed by atoms with van der Waals surface area (Å²) in [4.78, 5) is 6.50. The van der Waals surface area contributed by atoms with Crippen molar-refractivity contribution in [2.45, 2.75) is 19.8 Å². The van der Waals surface area contributed by atoms with Crippen LogP contribution in [0.3, 0.4) is 0 Å². The zero-order valence-corrected chi connectivity index (χ0v) is 15.8. The van der Waals surface area contributed by atoms with E-state index >= 15 is 0 Å². The molecule has 0 fully saturated rings. The van der Waals surface area contributed by atoms with Crippen molar-refractivity contribution < 1.29 is 4.74 Å². The fourth-order valence-electron chi connectivity index (χ4n) is 3.23. The van der Waals surface area contributed by atoms with E-state index in [-0.39, 0.29) is 0 Å². The summed E-state index contributed by atoms with van der Waals surface area (Å²) in [6.45, 7) is 7.32. The van der Waals surface area contributed by atoms with Crippen molar-refractivity contribution in [3.05, 3.63) is 71.8 Å². The Kier molecular flexibility index (Phi) is 5.13. The van der Waals surface area contributed by atoms with Gasteiger partial charge in [-0.05, 0) is 30.4 Å². The third-order valence-electron chi connectivity index (χ3n) is 4.52. The summed E-state index contributed by atoms with van der Waals surface area (Å²) in [5.74, 6) is 1.76. The van der Waals surface area contributed by atoms with Crippen LogP contribution < -0.4 is 4.74 Å². The first-order chi connectivity index (χ1) is 13.3. The lowest BCUT2D eigenvalue weighted by Gasteiger charge is -2.18. The Labute approximate surface area is 163 Å². The number of hydrogen-bond donors (Lipinski definition) is 0. The van der Waals surface area contributed by atoms with E-state index in [0.29, 0.717) is 24.6 Å². The summed E-state index contributed by atoms with van der Waals surface area (Å²) in [5, 5.41) is 4.78. The molecule has 27 heavy (non-hydrogen) atoms. The standard InChI is InChI=1S/C20H21N5OS/c1-2-10-24-19(16-7-5-9-21-13-16)22-25(20(24)27)15-23-11-12-26-18-8-4-3-6-17(18)14-23/h2-9,13H,1,10-12,14-15H2. The van der Waals surface area contributed by atoms with Gasteiger partial charge in [-0.15, -0.1) is 6.58 Å². The van der Waals surface area contributed by atoms with E-state index in [2.05, 4.69) is 22.5 Å². The van der Waals surface area contributed by atoms with Crippen molar-refractivity contribution >= 4 is 12.2 Å². The minimum atomic E-state index is 0.605. The Balaban J connectivity index is 1.64. The number of aromatic nitrogens is 4. The minimum absolute atomic E-state index is 0.605. The number of hydrogen-bond acceptors (Lipinski definition) is 5. The molecule has 0 bridgehead atoms. The molecule has 0 N–H and O–H groups in total. The molecule has 0 unspecified atom stereocenters. The minimum Gasteiger partial charge on any atom is -0.492 e. The average Bonchev–Trinajstić information content (AvgIpc) is 2.88. The number of rotatable bonds is 5. The van der Waals surface area contributed by atoms with Crippen molar-refractivity contribution in [3.63, 3.8) is 0 Å². The Morgan fingerprint density at radius 2 is 2.11 bits per heavy atom. The van der Waals surface area contributed by atoms with Crippen molar-refractivity contribution in [2.75, 3.05) is 13.2 Å². The van der Waals surface area contributed by atoms with Gasteiger partial charge in [-0.3, -0.25) is 14.5 Å². The number of allylic oxidation sites excluding steroid dienone is 1. The first-order valence-electron chi connectivity index (χ1n) is 8.88. The highest BCUT2D eigenvalue weighted by molar-refractivity contribution is 7.71. The summed E-state index contributed by atoms with van der Waals surface area (Å²) in [6.07, 6.45) is 5.39. The molecule has 7 heteroatoms. The average molecular weight is 379 g/mol. The molecule has 0 aliphatic carbocycles. The van der Waals surface area contributed by atoms with Gasteiger partial charge in [0.1, 0.15) is 12.4 Å². The van der Waals surface area contributed by atoms with Crippen LogP contribution in [-0.2, 0) is 19.8 Å². The molecule has 0 saturated heterocycles. The number of nitrogens with zero attached hydrogens (tertiary/aromatic N) is 5. The fraction of sp³-hybridized carbons (Fsp3) is 0.250. The van der Waals surface area contributed by atoms with Gasteiger partial charge in [0.15, 0.2) is 10.6 Å². The molecule has 1 aromatic carbocycles. The quantitative estimate of drug-likeness (QED) is 0.501. The zero-order valence-electron chi connectivity index (χ0n) is 15.0. The SMILES string of the molecule is C=CCn1c(-c2cccnc2)nn(CN2CCOc3ccccc3C2)c1=S. The Bertz CT molecular complexity index is 995. The Hall–Kier alpha value is -2.77. The summed E-state index contributed by atoms with van der Waals surface area (Å²) in [7, 11) is 0. The lowest BCUT2D eigenvalue weighted by molar-refractivity contribution is 0.177. The largest absolute Gasteiger partial charge is 0.492 e. The predicted molar refractivity (Wildman–Crippen MR) is 107 cm³/mol. The Morgan fingerprint density at radius 3 is 2.93 bits per heavy atom. The first-order valence-corrected chi connectivity index (χ1v) is 9.29. The molecule has 2 aromatic heterocycles. The van der Waals surface area contributed by atoms with Crippen LogP contribution in [0, 0.1) is 4.77 Å².